The fourth-order valence-electron chi connectivity index (χ4n) is 1.32. The molecule has 0 bridgehead atoms. The molecule has 0 saturated carbocycles. The second-order valence-electron chi connectivity index (χ2n) is 3.08. The summed E-state index contributed by atoms with van der Waals surface area (Å²) in [6, 6.07) is 3.51. The average molecular weight is 227 g/mol. The van der Waals surface area contributed by atoms with Crippen LogP contribution >= 0.6 is 24.0 Å². The molecule has 1 aromatic heterocycles. The molecule has 1 aliphatic rings. The first-order valence-corrected chi connectivity index (χ1v) is 5.63. The molecule has 0 aliphatic carbocycles. The van der Waals surface area contributed by atoms with E-state index < -0.39 is 0 Å². The molecule has 0 aromatic carbocycles. The summed E-state index contributed by atoms with van der Waals surface area (Å²) in [6.45, 7) is 1.98. The number of nitrogens with zero attached hydrogens (tertiary/aromatic N) is 1. The topological polar surface area (TPSA) is 33.5 Å². The Hall–Kier alpha value is -0.810. The smallest absolute Gasteiger partial charge is 0.295 e. The summed E-state index contributed by atoms with van der Waals surface area (Å²) in [6.07, 6.45) is 1.49. The highest BCUT2D eigenvalue weighted by molar-refractivity contribution is 8.23. The second-order valence-corrected chi connectivity index (χ2v) is 4.73. The van der Waals surface area contributed by atoms with Crippen molar-refractivity contribution in [3.63, 3.8) is 0 Å². The van der Waals surface area contributed by atoms with Crippen molar-refractivity contribution < 1.29 is 9.21 Å². The van der Waals surface area contributed by atoms with Crippen molar-refractivity contribution in [2.45, 2.75) is 13.0 Å². The third kappa shape index (κ3) is 1.57. The molecule has 1 aliphatic heterocycles. The monoisotopic (exact) mass is 227 g/mol. The van der Waals surface area contributed by atoms with E-state index in [0.717, 1.165) is 5.75 Å². The first-order chi connectivity index (χ1) is 6.70. The van der Waals surface area contributed by atoms with Gasteiger partial charge >= 0.3 is 0 Å². The Balaban J connectivity index is 2.23. The summed E-state index contributed by atoms with van der Waals surface area (Å²) in [5, 5.41) is 0. The molecule has 3 nitrogen and oxygen atoms in total. The fourth-order valence-corrected chi connectivity index (χ4v) is 2.72. The van der Waals surface area contributed by atoms with Gasteiger partial charge in [0.1, 0.15) is 4.32 Å². The molecule has 2 heterocycles. The molecule has 1 fully saturated rings. The van der Waals surface area contributed by atoms with Crippen LogP contribution in [0.1, 0.15) is 17.5 Å². The highest BCUT2D eigenvalue weighted by Gasteiger charge is 2.32. The lowest BCUT2D eigenvalue weighted by Crippen LogP contribution is -2.36. The van der Waals surface area contributed by atoms with Gasteiger partial charge in [-0.1, -0.05) is 24.0 Å². The van der Waals surface area contributed by atoms with Crippen molar-refractivity contribution in [2.24, 2.45) is 0 Å². The molecule has 1 aromatic rings. The van der Waals surface area contributed by atoms with Gasteiger partial charge in [0.25, 0.3) is 5.91 Å². The molecule has 0 spiro atoms. The standard InChI is InChI=1S/C9H9NO2S2/c1-6-5-14-9(13)10(6)8(11)7-3-2-4-12-7/h2-4,6H,5H2,1H3. The van der Waals surface area contributed by atoms with Crippen LogP contribution in [-0.2, 0) is 0 Å². The number of furan rings is 1. The van der Waals surface area contributed by atoms with Gasteiger partial charge in [-0.05, 0) is 19.1 Å². The lowest BCUT2D eigenvalue weighted by atomic mass is 10.3. The zero-order chi connectivity index (χ0) is 10.1. The maximum Gasteiger partial charge on any atom is 0.295 e. The van der Waals surface area contributed by atoms with Crippen molar-refractivity contribution in [1.29, 1.82) is 0 Å². The summed E-state index contributed by atoms with van der Waals surface area (Å²) in [7, 11) is 0. The van der Waals surface area contributed by atoms with Crippen LogP contribution in [-0.4, -0.2) is 26.9 Å². The summed E-state index contributed by atoms with van der Waals surface area (Å²) in [5.74, 6) is 1.07. The minimum absolute atomic E-state index is 0.141. The van der Waals surface area contributed by atoms with Gasteiger partial charge in [-0.25, -0.2) is 0 Å². The molecule has 14 heavy (non-hydrogen) atoms. The molecule has 2 rings (SSSR count). The van der Waals surface area contributed by atoms with E-state index in [4.69, 9.17) is 16.6 Å². The maximum absolute atomic E-state index is 11.9. The van der Waals surface area contributed by atoms with Crippen LogP contribution in [0.5, 0.6) is 0 Å². The van der Waals surface area contributed by atoms with E-state index in [1.807, 2.05) is 6.92 Å². The minimum atomic E-state index is -0.141. The van der Waals surface area contributed by atoms with Crippen LogP contribution in [0.15, 0.2) is 22.8 Å². The molecule has 1 unspecified atom stereocenters. The van der Waals surface area contributed by atoms with Crippen LogP contribution < -0.4 is 0 Å². The normalized spacial score (nSPS) is 21.6. The Morgan fingerprint density at radius 1 is 1.79 bits per heavy atom. The highest BCUT2D eigenvalue weighted by Crippen LogP contribution is 2.25. The van der Waals surface area contributed by atoms with Crippen LogP contribution in [0.2, 0.25) is 0 Å². The van der Waals surface area contributed by atoms with Gasteiger partial charge in [0.05, 0.1) is 6.26 Å². The van der Waals surface area contributed by atoms with Gasteiger partial charge in [0.2, 0.25) is 0 Å². The molecule has 1 saturated heterocycles. The van der Waals surface area contributed by atoms with Crippen LogP contribution in [0.3, 0.4) is 0 Å². The molecule has 5 heteroatoms. The zero-order valence-corrected chi connectivity index (χ0v) is 9.23. The van der Waals surface area contributed by atoms with E-state index in [1.165, 1.54) is 18.0 Å². The first-order valence-electron chi connectivity index (χ1n) is 4.24. The second kappa shape index (κ2) is 3.74. The van der Waals surface area contributed by atoms with Crippen molar-refractivity contribution in [3.8, 4) is 0 Å². The van der Waals surface area contributed by atoms with Gasteiger partial charge in [0, 0.05) is 11.8 Å². The van der Waals surface area contributed by atoms with Crippen molar-refractivity contribution in [3.05, 3.63) is 24.2 Å². The number of thioether (sulfide) groups is 1. The summed E-state index contributed by atoms with van der Waals surface area (Å²) in [5.41, 5.74) is 0. The van der Waals surface area contributed by atoms with Gasteiger partial charge in [-0.2, -0.15) is 0 Å². The third-order valence-corrected chi connectivity index (χ3v) is 3.68. The third-order valence-electron chi connectivity index (χ3n) is 2.04. The van der Waals surface area contributed by atoms with E-state index >= 15 is 0 Å². The average Bonchev–Trinajstić information content (AvgIpc) is 2.75. The molecule has 0 radical (unpaired) electrons. The van der Waals surface area contributed by atoms with Crippen molar-refractivity contribution >= 4 is 34.2 Å². The Morgan fingerprint density at radius 3 is 3.07 bits per heavy atom. The summed E-state index contributed by atoms with van der Waals surface area (Å²) < 4.78 is 5.68. The zero-order valence-electron chi connectivity index (χ0n) is 7.60. The number of carbonyl (C=O) groups is 1. The van der Waals surface area contributed by atoms with Crippen LogP contribution in [0.4, 0.5) is 0 Å². The number of carbonyl (C=O) groups excluding carboxylic acids is 1. The maximum atomic E-state index is 11.9. The molecule has 0 N–H and O–H groups in total. The van der Waals surface area contributed by atoms with Gasteiger partial charge < -0.3 is 4.42 Å². The number of hydrogen-bond acceptors (Lipinski definition) is 4. The molecule has 74 valence electrons. The molecular formula is C9H9NO2S2. The van der Waals surface area contributed by atoms with Gasteiger partial charge in [-0.3, -0.25) is 9.69 Å². The van der Waals surface area contributed by atoms with E-state index in [-0.39, 0.29) is 11.9 Å². The lowest BCUT2D eigenvalue weighted by molar-refractivity contribution is 0.0800. The Bertz CT molecular complexity index is 361. The number of rotatable bonds is 1. The van der Waals surface area contributed by atoms with Gasteiger partial charge in [0.15, 0.2) is 5.76 Å². The number of thiocarbonyl (C=S) groups is 1. The fraction of sp³-hybridized carbons (Fsp3) is 0.333. The SMILES string of the molecule is CC1CSC(=S)N1C(=O)c1ccco1. The molecule has 1 atom stereocenters. The van der Waals surface area contributed by atoms with E-state index in [0.29, 0.717) is 10.1 Å². The van der Waals surface area contributed by atoms with Gasteiger partial charge in [-0.15, -0.1) is 0 Å². The minimum Gasteiger partial charge on any atom is -0.459 e. The summed E-state index contributed by atoms with van der Waals surface area (Å²) in [4.78, 5) is 13.5. The predicted octanol–water partition coefficient (Wildman–Crippen LogP) is 2.14. The predicted molar refractivity (Wildman–Crippen MR) is 59.4 cm³/mol. The number of amides is 1. The van der Waals surface area contributed by atoms with Crippen LogP contribution in [0.25, 0.3) is 0 Å². The Kier molecular flexibility index (Phi) is 2.60. The number of hydrogen-bond donors (Lipinski definition) is 0. The Labute approximate surface area is 91.4 Å². The lowest BCUT2D eigenvalue weighted by Gasteiger charge is -2.18. The Morgan fingerprint density at radius 2 is 2.57 bits per heavy atom. The van der Waals surface area contributed by atoms with E-state index in [1.54, 1.807) is 17.0 Å². The van der Waals surface area contributed by atoms with E-state index in [9.17, 15) is 4.79 Å². The quantitative estimate of drug-likeness (QED) is 0.688. The molecular weight excluding hydrogens is 218 g/mol. The van der Waals surface area contributed by atoms with Crippen molar-refractivity contribution in [1.82, 2.24) is 4.90 Å². The summed E-state index contributed by atoms with van der Waals surface area (Å²) >= 11 is 6.63. The van der Waals surface area contributed by atoms with Crippen LogP contribution in [0, 0.1) is 0 Å². The highest BCUT2D eigenvalue weighted by atomic mass is 32.2. The van der Waals surface area contributed by atoms with Crippen molar-refractivity contribution in [2.75, 3.05) is 5.75 Å². The largest absolute Gasteiger partial charge is 0.459 e. The van der Waals surface area contributed by atoms with E-state index in [2.05, 4.69) is 0 Å². The first kappa shape index (κ1) is 9.73. The molecule has 1 amide bonds.